The first-order valence-electron chi connectivity index (χ1n) is 24.5. The van der Waals surface area contributed by atoms with Gasteiger partial charge < -0.3 is 15.5 Å². The molecule has 0 spiro atoms. The monoisotopic (exact) mass is 804 g/mol. The average molecular weight is 804 g/mol. The lowest BCUT2D eigenvalue weighted by molar-refractivity contribution is -0.123. The highest BCUT2D eigenvalue weighted by Gasteiger charge is 2.17. The number of hydrogen-bond donors (Lipinski definition) is 3. The first-order chi connectivity index (χ1) is 28.7. The van der Waals surface area contributed by atoms with Crippen molar-refractivity contribution in [3.63, 3.8) is 0 Å². The number of carbonyl (C=O) groups is 1. The second-order valence-electron chi connectivity index (χ2n) is 16.1. The van der Waals surface area contributed by atoms with Gasteiger partial charge in [-0.1, -0.05) is 233 Å². The van der Waals surface area contributed by atoms with Gasteiger partial charge in [-0.05, 0) is 77.0 Å². The molecule has 0 heterocycles. The molecule has 0 radical (unpaired) electrons. The summed E-state index contributed by atoms with van der Waals surface area (Å²) in [4.78, 5) is 12.4. The molecule has 0 aromatic heterocycles. The topological polar surface area (TPSA) is 69.6 Å². The van der Waals surface area contributed by atoms with Crippen LogP contribution in [0, 0.1) is 0 Å². The first kappa shape index (κ1) is 55.3. The number of carbonyl (C=O) groups excluding carboxylic acids is 1. The molecule has 0 rings (SSSR count). The molecular formula is C54H93NO3. The second-order valence-corrected chi connectivity index (χ2v) is 16.1. The molecule has 0 saturated carbocycles. The number of rotatable bonds is 43. The normalized spacial score (nSPS) is 13.8. The fourth-order valence-corrected chi connectivity index (χ4v) is 6.86. The van der Waals surface area contributed by atoms with E-state index in [-0.39, 0.29) is 12.5 Å². The predicted octanol–water partition coefficient (Wildman–Crippen LogP) is 15.8. The lowest BCUT2D eigenvalue weighted by Crippen LogP contribution is -2.45. The van der Waals surface area contributed by atoms with Crippen molar-refractivity contribution in [1.82, 2.24) is 5.32 Å². The number of aliphatic hydroxyl groups excluding tert-OH is 2. The van der Waals surface area contributed by atoms with Crippen LogP contribution in [0.2, 0.25) is 0 Å². The summed E-state index contributed by atoms with van der Waals surface area (Å²) in [6.07, 6.45) is 72.4. The molecule has 1 amide bonds. The van der Waals surface area contributed by atoms with Crippen LogP contribution in [0.4, 0.5) is 0 Å². The second kappa shape index (κ2) is 48.7. The largest absolute Gasteiger partial charge is 0.394 e. The smallest absolute Gasteiger partial charge is 0.220 e. The summed E-state index contributed by atoms with van der Waals surface area (Å²) in [6, 6.07) is -0.635. The van der Waals surface area contributed by atoms with Crippen molar-refractivity contribution >= 4 is 5.91 Å². The molecule has 4 heteroatoms. The van der Waals surface area contributed by atoms with Crippen molar-refractivity contribution in [2.24, 2.45) is 0 Å². The van der Waals surface area contributed by atoms with Crippen LogP contribution in [0.5, 0.6) is 0 Å². The highest BCUT2D eigenvalue weighted by molar-refractivity contribution is 5.76. The van der Waals surface area contributed by atoms with Crippen molar-refractivity contribution in [2.75, 3.05) is 6.61 Å². The van der Waals surface area contributed by atoms with Crippen LogP contribution in [-0.4, -0.2) is 34.9 Å². The summed E-state index contributed by atoms with van der Waals surface area (Å²) < 4.78 is 0. The van der Waals surface area contributed by atoms with Gasteiger partial charge in [0, 0.05) is 6.42 Å². The average Bonchev–Trinajstić information content (AvgIpc) is 3.23. The van der Waals surface area contributed by atoms with Gasteiger partial charge in [0.1, 0.15) is 0 Å². The first-order valence-corrected chi connectivity index (χ1v) is 24.5. The van der Waals surface area contributed by atoms with Gasteiger partial charge in [0.25, 0.3) is 0 Å². The van der Waals surface area contributed by atoms with E-state index in [9.17, 15) is 15.0 Å². The molecule has 0 fully saturated rings. The summed E-state index contributed by atoms with van der Waals surface area (Å²) in [5.41, 5.74) is 0. The molecule has 0 aromatic rings. The Morgan fingerprint density at radius 1 is 0.431 bits per heavy atom. The van der Waals surface area contributed by atoms with Crippen molar-refractivity contribution in [3.8, 4) is 0 Å². The Kier molecular flexibility index (Phi) is 46.4. The summed E-state index contributed by atoms with van der Waals surface area (Å²) in [5.74, 6) is -0.0790. The Hall–Kier alpha value is -2.69. The van der Waals surface area contributed by atoms with Gasteiger partial charge in [-0.3, -0.25) is 4.79 Å². The number of amides is 1. The fraction of sp³-hybridized carbons (Fsp3) is 0.685. The van der Waals surface area contributed by atoms with E-state index in [1.165, 1.54) is 116 Å². The standard InChI is InChI=1S/C54H93NO3/c1-3-5-7-9-11-13-15-17-19-21-22-23-24-25-26-27-28-29-30-31-32-34-36-38-40-42-44-46-48-50-54(58)55-52(51-56)53(57)49-47-45-43-41-39-37-35-33-20-18-16-14-12-10-8-6-4-2/h5,7,11,13,17,19,22-23,25-26,28-29,31-32,47,49,52-53,56-57H,3-4,6,8-10,12,14-16,18,20-21,24,27,30,33-46,48,50-51H2,1-2H3,(H,55,58)/b7-5-,13-11-,19-17-,23-22-,26-25-,29-28-,32-31-,49-47+. The van der Waals surface area contributed by atoms with E-state index in [4.69, 9.17) is 0 Å². The summed E-state index contributed by atoms with van der Waals surface area (Å²) in [6.45, 7) is 4.19. The highest BCUT2D eigenvalue weighted by Crippen LogP contribution is 2.14. The van der Waals surface area contributed by atoms with E-state index in [1.807, 2.05) is 6.08 Å². The lowest BCUT2D eigenvalue weighted by Gasteiger charge is -2.20. The highest BCUT2D eigenvalue weighted by atomic mass is 16.3. The Labute approximate surface area is 360 Å². The van der Waals surface area contributed by atoms with Crippen LogP contribution < -0.4 is 5.32 Å². The number of unbranched alkanes of at least 4 members (excludes halogenated alkanes) is 22. The number of allylic oxidation sites excluding steroid dienone is 15. The molecule has 3 N–H and O–H groups in total. The molecule has 0 saturated heterocycles. The number of hydrogen-bond acceptors (Lipinski definition) is 3. The van der Waals surface area contributed by atoms with Crippen molar-refractivity contribution in [2.45, 2.75) is 231 Å². The Bertz CT molecular complexity index is 1090. The van der Waals surface area contributed by atoms with Crippen LogP contribution in [0.15, 0.2) is 97.2 Å². The van der Waals surface area contributed by atoms with E-state index in [0.717, 1.165) is 83.5 Å². The van der Waals surface area contributed by atoms with Gasteiger partial charge in [0.2, 0.25) is 5.91 Å². The van der Waals surface area contributed by atoms with Gasteiger partial charge in [0.15, 0.2) is 0 Å². The molecule has 0 bridgehead atoms. The number of nitrogens with one attached hydrogen (secondary N) is 1. The molecule has 4 nitrogen and oxygen atoms in total. The molecule has 2 unspecified atom stereocenters. The van der Waals surface area contributed by atoms with Gasteiger partial charge in [-0.2, -0.15) is 0 Å². The minimum absolute atomic E-state index is 0.0790. The maximum atomic E-state index is 12.4. The lowest BCUT2D eigenvalue weighted by atomic mass is 10.0. The van der Waals surface area contributed by atoms with E-state index in [2.05, 4.69) is 104 Å². The van der Waals surface area contributed by atoms with Crippen LogP contribution in [0.1, 0.15) is 219 Å². The van der Waals surface area contributed by atoms with Crippen molar-refractivity contribution in [3.05, 3.63) is 97.2 Å². The van der Waals surface area contributed by atoms with Gasteiger partial charge >= 0.3 is 0 Å². The van der Waals surface area contributed by atoms with E-state index >= 15 is 0 Å². The van der Waals surface area contributed by atoms with Crippen LogP contribution in [0.25, 0.3) is 0 Å². The number of aliphatic hydroxyl groups is 2. The molecule has 0 aliphatic carbocycles. The zero-order valence-electron chi connectivity index (χ0n) is 38.0. The van der Waals surface area contributed by atoms with Gasteiger partial charge in [-0.25, -0.2) is 0 Å². The third-order valence-electron chi connectivity index (χ3n) is 10.6. The van der Waals surface area contributed by atoms with E-state index in [0.29, 0.717) is 6.42 Å². The summed E-state index contributed by atoms with van der Waals surface area (Å²) >= 11 is 0. The third-order valence-corrected chi connectivity index (χ3v) is 10.6. The van der Waals surface area contributed by atoms with Gasteiger partial charge in [0.05, 0.1) is 18.8 Å². The maximum Gasteiger partial charge on any atom is 0.220 e. The summed E-state index contributed by atoms with van der Waals surface area (Å²) in [5, 5.41) is 23.1. The maximum absolute atomic E-state index is 12.4. The van der Waals surface area contributed by atoms with E-state index < -0.39 is 12.1 Å². The Morgan fingerprint density at radius 2 is 0.759 bits per heavy atom. The molecule has 332 valence electrons. The van der Waals surface area contributed by atoms with E-state index in [1.54, 1.807) is 6.08 Å². The van der Waals surface area contributed by atoms with Crippen LogP contribution >= 0.6 is 0 Å². The zero-order chi connectivity index (χ0) is 42.1. The molecule has 58 heavy (non-hydrogen) atoms. The fourth-order valence-electron chi connectivity index (χ4n) is 6.86. The van der Waals surface area contributed by atoms with Crippen molar-refractivity contribution in [1.29, 1.82) is 0 Å². The molecule has 0 aliphatic heterocycles. The summed E-state index contributed by atoms with van der Waals surface area (Å²) in [7, 11) is 0. The molecule has 2 atom stereocenters. The van der Waals surface area contributed by atoms with Crippen LogP contribution in [-0.2, 0) is 4.79 Å². The molecular weight excluding hydrogens is 711 g/mol. The molecule has 0 aliphatic rings. The van der Waals surface area contributed by atoms with Crippen LogP contribution in [0.3, 0.4) is 0 Å². The van der Waals surface area contributed by atoms with Gasteiger partial charge in [-0.15, -0.1) is 0 Å². The quantitative estimate of drug-likeness (QED) is 0.0425. The van der Waals surface area contributed by atoms with Crippen molar-refractivity contribution < 1.29 is 15.0 Å². The predicted molar refractivity (Wildman–Crippen MR) is 257 cm³/mol. The zero-order valence-corrected chi connectivity index (χ0v) is 38.0. The minimum atomic E-state index is -0.850. The molecule has 0 aromatic carbocycles. The minimum Gasteiger partial charge on any atom is -0.394 e. The SMILES string of the molecule is CC/C=C\C/C=C\C/C=C\C/C=C\C/C=C\C/C=C\C/C=C\CCCCCCCCCC(=O)NC(CO)C(O)/C=C/CCCCCCCCCCCCCCCCC. The Balaban J connectivity index is 3.64. The Morgan fingerprint density at radius 3 is 1.14 bits per heavy atom. The third kappa shape index (κ3) is 44.4.